The molecule has 0 radical (unpaired) electrons. The van der Waals surface area contributed by atoms with Gasteiger partial charge >= 0.3 is 0 Å². The molecule has 1 atom stereocenters. The number of H-pyrrole nitrogens is 1. The number of nitrogens with one attached hydrogen (secondary N) is 1. The zero-order chi connectivity index (χ0) is 27.2. The van der Waals surface area contributed by atoms with Gasteiger partial charge in [0.2, 0.25) is 0 Å². The number of anilines is 1. The maximum atomic E-state index is 13.5. The lowest BCUT2D eigenvalue weighted by Gasteiger charge is -2.40. The van der Waals surface area contributed by atoms with Crippen molar-refractivity contribution in [1.29, 1.82) is 0 Å². The van der Waals surface area contributed by atoms with Crippen LogP contribution in [0, 0.1) is 24.0 Å². The first-order valence-electron chi connectivity index (χ1n) is 12.7. The summed E-state index contributed by atoms with van der Waals surface area (Å²) in [7, 11) is 0. The van der Waals surface area contributed by atoms with Gasteiger partial charge in [-0.2, -0.15) is 0 Å². The lowest BCUT2D eigenvalue weighted by atomic mass is 9.98. The smallest absolute Gasteiger partial charge is 0.269 e. The molecule has 2 aromatic carbocycles. The Morgan fingerprint density at radius 2 is 1.71 bits per heavy atom. The number of benzene rings is 2. The first kappa shape index (κ1) is 25.5. The Morgan fingerprint density at radius 3 is 2.34 bits per heavy atom. The standard InChI is InChI=1S/C27H32N8O3/c1-17-14-18(2)21-16-22(26(36)28-23(21)15-17)24(25-29-30-31-34(25)27(3,4)5)33-12-10-32(11-13-33)19-6-8-20(9-7-19)35(37)38/h6-9,14-16,24H,10-13H2,1-5H3,(H,28,36)/t24-/m0/s1. The second kappa shape index (κ2) is 9.64. The normalized spacial score (nSPS) is 15.7. The number of non-ortho nitro benzene ring substituents is 1. The Hall–Kier alpha value is -4.12. The molecule has 0 amide bonds. The first-order valence-corrected chi connectivity index (χ1v) is 12.7. The number of nitro groups is 1. The van der Waals surface area contributed by atoms with Crippen molar-refractivity contribution in [2.75, 3.05) is 31.1 Å². The van der Waals surface area contributed by atoms with Crippen LogP contribution in [0.15, 0.2) is 47.3 Å². The van der Waals surface area contributed by atoms with Crippen LogP contribution in [0.1, 0.15) is 49.3 Å². The summed E-state index contributed by atoms with van der Waals surface area (Å²) < 4.78 is 1.80. The minimum Gasteiger partial charge on any atom is -0.369 e. The van der Waals surface area contributed by atoms with Crippen LogP contribution in [0.2, 0.25) is 0 Å². The highest BCUT2D eigenvalue weighted by atomic mass is 16.6. The van der Waals surface area contributed by atoms with Crippen molar-refractivity contribution in [3.05, 3.63) is 85.4 Å². The SMILES string of the molecule is Cc1cc(C)c2cc([C@@H](c3nnnn3C(C)(C)C)N3CCN(c4ccc([N+](=O)[O-])cc4)CC3)c(=O)[nH]c2c1. The number of nitro benzene ring substituents is 1. The molecule has 0 aliphatic carbocycles. The number of aromatic amines is 1. The molecule has 0 saturated carbocycles. The van der Waals surface area contributed by atoms with Gasteiger partial charge in [-0.25, -0.2) is 4.68 Å². The van der Waals surface area contributed by atoms with Gasteiger partial charge in [-0.05, 0) is 80.4 Å². The molecule has 198 valence electrons. The molecule has 1 aliphatic rings. The number of tetrazole rings is 1. The van der Waals surface area contributed by atoms with Gasteiger partial charge in [-0.3, -0.25) is 19.8 Å². The molecule has 3 heterocycles. The van der Waals surface area contributed by atoms with Gasteiger partial charge in [0.1, 0.15) is 6.04 Å². The van der Waals surface area contributed by atoms with Crippen molar-refractivity contribution < 1.29 is 4.92 Å². The summed E-state index contributed by atoms with van der Waals surface area (Å²) in [4.78, 5) is 31.7. The molecule has 1 N–H and O–H groups in total. The average Bonchev–Trinajstić information content (AvgIpc) is 3.35. The van der Waals surface area contributed by atoms with Crippen LogP contribution in [0.3, 0.4) is 0 Å². The quantitative estimate of drug-likeness (QED) is 0.314. The molecule has 0 spiro atoms. The van der Waals surface area contributed by atoms with E-state index in [1.807, 2.05) is 39.8 Å². The van der Waals surface area contributed by atoms with Crippen molar-refractivity contribution in [1.82, 2.24) is 30.1 Å². The molecule has 2 aromatic heterocycles. The number of piperazine rings is 1. The van der Waals surface area contributed by atoms with E-state index in [4.69, 9.17) is 0 Å². The fourth-order valence-corrected chi connectivity index (χ4v) is 5.26. The number of pyridine rings is 1. The van der Waals surface area contributed by atoms with Crippen molar-refractivity contribution in [3.8, 4) is 0 Å². The van der Waals surface area contributed by atoms with Crippen LogP contribution >= 0.6 is 0 Å². The predicted octanol–water partition coefficient (Wildman–Crippen LogP) is 3.71. The number of nitrogens with zero attached hydrogens (tertiary/aromatic N) is 7. The maximum absolute atomic E-state index is 13.5. The highest BCUT2D eigenvalue weighted by Crippen LogP contribution is 2.32. The van der Waals surface area contributed by atoms with Crippen molar-refractivity contribution in [2.24, 2.45) is 0 Å². The molecule has 1 fully saturated rings. The second-order valence-electron chi connectivity index (χ2n) is 10.9. The molecule has 38 heavy (non-hydrogen) atoms. The lowest BCUT2D eigenvalue weighted by molar-refractivity contribution is -0.384. The van der Waals surface area contributed by atoms with Crippen LogP contribution in [0.4, 0.5) is 11.4 Å². The third kappa shape index (κ3) is 4.76. The monoisotopic (exact) mass is 516 g/mol. The molecule has 4 aromatic rings. The van der Waals surface area contributed by atoms with Crippen molar-refractivity contribution in [3.63, 3.8) is 0 Å². The molecule has 1 aliphatic heterocycles. The van der Waals surface area contributed by atoms with E-state index in [1.165, 1.54) is 12.1 Å². The Morgan fingerprint density at radius 1 is 1.03 bits per heavy atom. The molecule has 1 saturated heterocycles. The van der Waals surface area contributed by atoms with E-state index in [0.29, 0.717) is 37.6 Å². The lowest BCUT2D eigenvalue weighted by Crippen LogP contribution is -2.49. The molecule has 0 bridgehead atoms. The average molecular weight is 517 g/mol. The second-order valence-corrected chi connectivity index (χ2v) is 10.9. The van der Waals surface area contributed by atoms with Gasteiger partial charge < -0.3 is 9.88 Å². The largest absolute Gasteiger partial charge is 0.369 e. The fraction of sp³-hybridized carbons (Fsp3) is 0.407. The van der Waals surface area contributed by atoms with E-state index in [9.17, 15) is 14.9 Å². The minimum absolute atomic E-state index is 0.0717. The number of hydrogen-bond acceptors (Lipinski definition) is 8. The Labute approximate surface area is 220 Å². The molecule has 0 unspecified atom stereocenters. The number of hydrogen-bond donors (Lipinski definition) is 1. The van der Waals surface area contributed by atoms with Crippen LogP contribution < -0.4 is 10.5 Å². The van der Waals surface area contributed by atoms with Gasteiger partial charge in [0, 0.05) is 60.5 Å². The van der Waals surface area contributed by atoms with Crippen molar-refractivity contribution in [2.45, 2.75) is 46.2 Å². The zero-order valence-corrected chi connectivity index (χ0v) is 22.3. The summed E-state index contributed by atoms with van der Waals surface area (Å²) in [6, 6.07) is 12.3. The third-order valence-electron chi connectivity index (χ3n) is 7.11. The Kier molecular flexibility index (Phi) is 6.47. The highest BCUT2D eigenvalue weighted by Gasteiger charge is 2.35. The molecule has 11 heteroatoms. The van der Waals surface area contributed by atoms with Crippen LogP contribution in [0.25, 0.3) is 10.9 Å². The van der Waals surface area contributed by atoms with Crippen LogP contribution in [0.5, 0.6) is 0 Å². The minimum atomic E-state index is -0.447. The summed E-state index contributed by atoms with van der Waals surface area (Å²) in [5.74, 6) is 0.621. The summed E-state index contributed by atoms with van der Waals surface area (Å²) in [5, 5.41) is 24.7. The van der Waals surface area contributed by atoms with E-state index >= 15 is 0 Å². The van der Waals surface area contributed by atoms with Gasteiger partial charge in [-0.1, -0.05) is 6.07 Å². The van der Waals surface area contributed by atoms with E-state index in [0.717, 1.165) is 27.7 Å². The topological polar surface area (TPSA) is 126 Å². The van der Waals surface area contributed by atoms with E-state index in [-0.39, 0.29) is 16.8 Å². The summed E-state index contributed by atoms with van der Waals surface area (Å²) >= 11 is 0. The van der Waals surface area contributed by atoms with Gasteiger partial charge in [0.25, 0.3) is 11.2 Å². The summed E-state index contributed by atoms with van der Waals surface area (Å²) in [6.45, 7) is 12.9. The van der Waals surface area contributed by atoms with E-state index in [1.54, 1.807) is 16.8 Å². The van der Waals surface area contributed by atoms with Gasteiger partial charge in [0.05, 0.1) is 10.5 Å². The molecule has 5 rings (SSSR count). The van der Waals surface area contributed by atoms with Gasteiger partial charge in [-0.15, -0.1) is 5.10 Å². The fourth-order valence-electron chi connectivity index (χ4n) is 5.26. The maximum Gasteiger partial charge on any atom is 0.269 e. The summed E-state index contributed by atoms with van der Waals surface area (Å²) in [6.07, 6.45) is 0. The van der Waals surface area contributed by atoms with E-state index in [2.05, 4.69) is 43.3 Å². The highest BCUT2D eigenvalue weighted by molar-refractivity contribution is 5.83. The van der Waals surface area contributed by atoms with E-state index < -0.39 is 11.0 Å². The van der Waals surface area contributed by atoms with Gasteiger partial charge in [0.15, 0.2) is 5.82 Å². The molecule has 11 nitrogen and oxygen atoms in total. The molecular formula is C27H32N8O3. The first-order chi connectivity index (χ1) is 18.0. The van der Waals surface area contributed by atoms with Crippen LogP contribution in [-0.2, 0) is 5.54 Å². The third-order valence-corrected chi connectivity index (χ3v) is 7.11. The Balaban J connectivity index is 1.53. The Bertz CT molecular complexity index is 1540. The zero-order valence-electron chi connectivity index (χ0n) is 22.3. The molecular weight excluding hydrogens is 484 g/mol. The number of fused-ring (bicyclic) bond motifs is 1. The summed E-state index contributed by atoms with van der Waals surface area (Å²) in [5.41, 5.74) is 4.07. The van der Waals surface area contributed by atoms with Crippen LogP contribution in [-0.4, -0.2) is 61.2 Å². The number of aryl methyl sites for hydroxylation is 2. The predicted molar refractivity (Wildman–Crippen MR) is 146 cm³/mol. The number of aromatic nitrogens is 5. The van der Waals surface area contributed by atoms with Crippen molar-refractivity contribution >= 4 is 22.3 Å². The number of rotatable bonds is 5.